The summed E-state index contributed by atoms with van der Waals surface area (Å²) in [5.74, 6) is -0.237. The second-order valence-electron chi connectivity index (χ2n) is 7.10. The number of benzene rings is 3. The molecule has 0 spiro atoms. The molecular formula is C27H23ClO3. The van der Waals surface area contributed by atoms with Gasteiger partial charge in [0.05, 0.1) is 5.02 Å². The van der Waals surface area contributed by atoms with Crippen LogP contribution in [0, 0.1) is 0 Å². The average Bonchev–Trinajstić information content (AvgIpc) is 2.76. The van der Waals surface area contributed by atoms with Crippen molar-refractivity contribution in [3.8, 4) is 22.6 Å². The summed E-state index contributed by atoms with van der Waals surface area (Å²) in [5, 5.41) is 21.8. The summed E-state index contributed by atoms with van der Waals surface area (Å²) in [7, 11) is 0. The van der Waals surface area contributed by atoms with Crippen LogP contribution in [-0.4, -0.2) is 16.0 Å². The number of halogens is 1. The van der Waals surface area contributed by atoms with Crippen LogP contribution in [0.2, 0.25) is 5.02 Å². The summed E-state index contributed by atoms with van der Waals surface area (Å²) >= 11 is 6.11. The van der Waals surface area contributed by atoms with Crippen molar-refractivity contribution < 1.29 is 15.0 Å². The van der Waals surface area contributed by atoms with Gasteiger partial charge in [0.25, 0.3) is 0 Å². The quantitative estimate of drug-likeness (QED) is 0.235. The van der Waals surface area contributed by atoms with Gasteiger partial charge in [-0.1, -0.05) is 42.0 Å². The number of carbonyl (C=O) groups excluding carboxylic acids is 1. The van der Waals surface area contributed by atoms with Crippen LogP contribution in [0.4, 0.5) is 0 Å². The lowest BCUT2D eigenvalue weighted by molar-refractivity contribution is 0.104. The van der Waals surface area contributed by atoms with Gasteiger partial charge in [0.15, 0.2) is 5.78 Å². The summed E-state index contributed by atoms with van der Waals surface area (Å²) in [4.78, 5) is 12.6. The Bertz CT molecular complexity index is 1180. The van der Waals surface area contributed by atoms with Gasteiger partial charge in [-0.05, 0) is 72.5 Å². The molecule has 4 heteroatoms. The Morgan fingerprint density at radius 2 is 1.58 bits per heavy atom. The number of allylic oxidation sites excluding steroid dienone is 3. The summed E-state index contributed by atoms with van der Waals surface area (Å²) in [6.45, 7) is 7.53. The lowest BCUT2D eigenvalue weighted by atomic mass is 9.94. The van der Waals surface area contributed by atoms with Gasteiger partial charge in [0, 0.05) is 22.3 Å². The Labute approximate surface area is 187 Å². The zero-order valence-electron chi connectivity index (χ0n) is 17.0. The molecule has 0 bridgehead atoms. The number of ketones is 1. The lowest BCUT2D eigenvalue weighted by Gasteiger charge is -2.13. The smallest absolute Gasteiger partial charge is 0.187 e. The average molecular weight is 431 g/mol. The normalized spacial score (nSPS) is 10.9. The lowest BCUT2D eigenvalue weighted by Crippen LogP contribution is -1.95. The van der Waals surface area contributed by atoms with Crippen LogP contribution in [-0.2, 0) is 12.8 Å². The molecule has 3 aromatic carbocycles. The minimum Gasteiger partial charge on any atom is -0.507 e. The SMILES string of the molecule is C=CCc1ccc(O)c(-c2cc(CC=C)cc(C=CC(=O)c3ccccc3Cl)c2O)c1. The van der Waals surface area contributed by atoms with Crippen molar-refractivity contribution in [2.24, 2.45) is 0 Å². The van der Waals surface area contributed by atoms with Crippen LogP contribution < -0.4 is 0 Å². The fourth-order valence-electron chi connectivity index (χ4n) is 3.34. The fraction of sp³-hybridized carbons (Fsp3) is 0.0741. The molecule has 0 saturated heterocycles. The van der Waals surface area contributed by atoms with E-state index in [4.69, 9.17) is 11.6 Å². The Morgan fingerprint density at radius 3 is 2.29 bits per heavy atom. The standard InChI is InChI=1S/C27H23ClO3/c1-3-7-18-11-13-26(30)22(16-18)23-17-19(8-4-2)15-20(27(23)31)12-14-25(29)21-9-5-6-10-24(21)28/h3-6,9-17,30-31H,1-2,7-8H2. The van der Waals surface area contributed by atoms with Crippen molar-refractivity contribution in [3.05, 3.63) is 113 Å². The molecule has 3 nitrogen and oxygen atoms in total. The molecule has 0 atom stereocenters. The number of phenols is 2. The third-order valence-corrected chi connectivity index (χ3v) is 5.19. The zero-order valence-corrected chi connectivity index (χ0v) is 17.8. The van der Waals surface area contributed by atoms with E-state index in [1.165, 1.54) is 6.08 Å². The highest BCUT2D eigenvalue weighted by Crippen LogP contribution is 2.39. The van der Waals surface area contributed by atoms with Crippen molar-refractivity contribution >= 4 is 23.5 Å². The van der Waals surface area contributed by atoms with E-state index in [2.05, 4.69) is 13.2 Å². The van der Waals surface area contributed by atoms with Crippen LogP contribution in [0.3, 0.4) is 0 Å². The molecule has 0 radical (unpaired) electrons. The Balaban J connectivity index is 2.08. The predicted molar refractivity (Wildman–Crippen MR) is 128 cm³/mol. The van der Waals surface area contributed by atoms with Crippen molar-refractivity contribution in [1.29, 1.82) is 0 Å². The summed E-state index contributed by atoms with van der Waals surface area (Å²) in [6, 6.07) is 15.7. The molecular weight excluding hydrogens is 408 g/mol. The third kappa shape index (κ3) is 5.14. The van der Waals surface area contributed by atoms with Crippen LogP contribution in [0.25, 0.3) is 17.2 Å². The maximum atomic E-state index is 12.6. The maximum Gasteiger partial charge on any atom is 0.187 e. The predicted octanol–water partition coefficient (Wildman–Crippen LogP) is 6.77. The molecule has 156 valence electrons. The van der Waals surface area contributed by atoms with Gasteiger partial charge >= 0.3 is 0 Å². The van der Waals surface area contributed by atoms with Gasteiger partial charge in [-0.3, -0.25) is 4.79 Å². The van der Waals surface area contributed by atoms with Crippen LogP contribution in [0.15, 0.2) is 86.0 Å². The van der Waals surface area contributed by atoms with Crippen molar-refractivity contribution in [1.82, 2.24) is 0 Å². The van der Waals surface area contributed by atoms with E-state index >= 15 is 0 Å². The minimum absolute atomic E-state index is 0.0259. The number of carbonyl (C=O) groups is 1. The first-order valence-corrected chi connectivity index (χ1v) is 10.2. The van der Waals surface area contributed by atoms with E-state index in [0.717, 1.165) is 11.1 Å². The number of phenolic OH excluding ortho intramolecular Hbond substituents is 2. The molecule has 2 N–H and O–H groups in total. The maximum absolute atomic E-state index is 12.6. The second-order valence-corrected chi connectivity index (χ2v) is 7.50. The molecule has 0 aliphatic carbocycles. The highest BCUT2D eigenvalue weighted by atomic mass is 35.5. The molecule has 3 aromatic rings. The monoisotopic (exact) mass is 430 g/mol. The Kier molecular flexibility index (Phi) is 7.11. The first kappa shape index (κ1) is 22.1. The largest absolute Gasteiger partial charge is 0.507 e. The molecule has 0 aliphatic rings. The second kappa shape index (κ2) is 9.96. The van der Waals surface area contributed by atoms with Gasteiger partial charge < -0.3 is 10.2 Å². The molecule has 0 aromatic heterocycles. The van der Waals surface area contributed by atoms with Crippen molar-refractivity contribution in [2.45, 2.75) is 12.8 Å². The van der Waals surface area contributed by atoms with E-state index in [-0.39, 0.29) is 17.3 Å². The number of hydrogen-bond donors (Lipinski definition) is 2. The molecule has 0 unspecified atom stereocenters. The van der Waals surface area contributed by atoms with Crippen molar-refractivity contribution in [2.75, 3.05) is 0 Å². The minimum atomic E-state index is -0.267. The first-order chi connectivity index (χ1) is 14.9. The molecule has 0 saturated carbocycles. The molecule has 3 rings (SSSR count). The van der Waals surface area contributed by atoms with Gasteiger partial charge in [0.2, 0.25) is 0 Å². The van der Waals surface area contributed by atoms with Crippen LogP contribution in [0.1, 0.15) is 27.0 Å². The van der Waals surface area contributed by atoms with E-state index in [0.29, 0.717) is 40.1 Å². The van der Waals surface area contributed by atoms with Gasteiger partial charge in [0.1, 0.15) is 11.5 Å². The molecule has 0 amide bonds. The summed E-state index contributed by atoms with van der Waals surface area (Å²) in [6.07, 6.45) is 7.68. The first-order valence-electron chi connectivity index (χ1n) is 9.81. The van der Waals surface area contributed by atoms with E-state index < -0.39 is 0 Å². The number of hydrogen-bond acceptors (Lipinski definition) is 3. The fourth-order valence-corrected chi connectivity index (χ4v) is 3.57. The molecule has 0 fully saturated rings. The van der Waals surface area contributed by atoms with E-state index in [1.807, 2.05) is 18.2 Å². The highest BCUT2D eigenvalue weighted by Gasteiger charge is 2.15. The summed E-state index contributed by atoms with van der Waals surface area (Å²) in [5.41, 5.74) is 3.69. The Morgan fingerprint density at radius 1 is 0.903 bits per heavy atom. The van der Waals surface area contributed by atoms with Gasteiger partial charge in [-0.2, -0.15) is 0 Å². The zero-order chi connectivity index (χ0) is 22.4. The van der Waals surface area contributed by atoms with Gasteiger partial charge in [-0.25, -0.2) is 0 Å². The molecule has 0 heterocycles. The number of rotatable bonds is 8. The van der Waals surface area contributed by atoms with E-state index in [9.17, 15) is 15.0 Å². The number of aromatic hydroxyl groups is 2. The van der Waals surface area contributed by atoms with Crippen LogP contribution in [0.5, 0.6) is 11.5 Å². The topological polar surface area (TPSA) is 57.5 Å². The van der Waals surface area contributed by atoms with Crippen LogP contribution >= 0.6 is 11.6 Å². The third-order valence-electron chi connectivity index (χ3n) is 4.86. The highest BCUT2D eigenvalue weighted by molar-refractivity contribution is 6.34. The van der Waals surface area contributed by atoms with E-state index in [1.54, 1.807) is 54.6 Å². The molecule has 31 heavy (non-hydrogen) atoms. The summed E-state index contributed by atoms with van der Waals surface area (Å²) < 4.78 is 0. The van der Waals surface area contributed by atoms with Gasteiger partial charge in [-0.15, -0.1) is 13.2 Å². The Hall–Kier alpha value is -3.56. The molecule has 0 aliphatic heterocycles. The van der Waals surface area contributed by atoms with Crippen molar-refractivity contribution in [3.63, 3.8) is 0 Å².